The minimum absolute atomic E-state index is 0.531. The maximum absolute atomic E-state index is 10.6. The molecule has 5 heteroatoms. The lowest BCUT2D eigenvalue weighted by molar-refractivity contribution is 0.162. The van der Waals surface area contributed by atoms with Crippen LogP contribution in [0.3, 0.4) is 0 Å². The van der Waals surface area contributed by atoms with Crippen LogP contribution < -0.4 is 15.7 Å². The molecule has 0 saturated heterocycles. The molecule has 0 unspecified atom stereocenters. The Morgan fingerprint density at radius 1 is 1.38 bits per heavy atom. The van der Waals surface area contributed by atoms with Crippen LogP contribution in [-0.4, -0.2) is 31.4 Å². The minimum atomic E-state index is -0.567. The summed E-state index contributed by atoms with van der Waals surface area (Å²) in [4.78, 5) is 12.8. The van der Waals surface area contributed by atoms with Gasteiger partial charge in [-0.25, -0.2) is 10.3 Å². The normalized spacial score (nSPS) is 9.62. The number of para-hydroxylation sites is 1. The summed E-state index contributed by atoms with van der Waals surface area (Å²) in [6, 6.07) is 9.46. The van der Waals surface area contributed by atoms with Crippen LogP contribution in [0, 0.1) is 0 Å². The fourth-order valence-electron chi connectivity index (χ4n) is 1.37. The van der Waals surface area contributed by atoms with Gasteiger partial charge in [0.15, 0.2) is 0 Å². The molecule has 0 bridgehead atoms. The zero-order chi connectivity index (χ0) is 11.8. The topological polar surface area (TPSA) is 64.6 Å². The van der Waals surface area contributed by atoms with Gasteiger partial charge in [0.25, 0.3) is 0 Å². The van der Waals surface area contributed by atoms with E-state index in [1.54, 1.807) is 0 Å². The second kappa shape index (κ2) is 6.68. The molecule has 1 aromatic carbocycles. The first-order valence-electron chi connectivity index (χ1n) is 5.18. The van der Waals surface area contributed by atoms with Gasteiger partial charge < -0.3 is 10.2 Å². The van der Waals surface area contributed by atoms with Crippen molar-refractivity contribution in [1.82, 2.24) is 10.8 Å². The molecular weight excluding hydrogens is 206 g/mol. The van der Waals surface area contributed by atoms with E-state index in [9.17, 15) is 4.79 Å². The van der Waals surface area contributed by atoms with E-state index in [-0.39, 0.29) is 0 Å². The zero-order valence-electron chi connectivity index (χ0n) is 9.31. The molecule has 0 spiro atoms. The molecule has 0 aliphatic carbocycles. The molecule has 0 saturated carbocycles. The van der Waals surface area contributed by atoms with Gasteiger partial charge in [0.1, 0.15) is 0 Å². The quantitative estimate of drug-likeness (QED) is 0.399. The summed E-state index contributed by atoms with van der Waals surface area (Å²) < 4.78 is 0. The number of carbonyl (C=O) groups is 1. The molecule has 0 aliphatic rings. The Hall–Kier alpha value is -1.75. The standard InChI is InChI=1S/C11H17N3O2/c1-14(10-6-3-2-4-7-10)9-5-8-12-11(15)13-16/h2-4,6-7,16H,5,8-9H2,1H3,(H2,12,13,15). The number of benzene rings is 1. The van der Waals surface area contributed by atoms with Crippen molar-refractivity contribution < 1.29 is 10.0 Å². The van der Waals surface area contributed by atoms with Crippen molar-refractivity contribution >= 4 is 11.7 Å². The van der Waals surface area contributed by atoms with Crippen LogP contribution >= 0.6 is 0 Å². The molecule has 1 aromatic rings. The third-order valence-corrected chi connectivity index (χ3v) is 2.25. The predicted octanol–water partition coefficient (Wildman–Crippen LogP) is 1.20. The summed E-state index contributed by atoms with van der Waals surface area (Å²) >= 11 is 0. The highest BCUT2D eigenvalue weighted by atomic mass is 16.5. The second-order valence-electron chi connectivity index (χ2n) is 3.48. The highest BCUT2D eigenvalue weighted by Gasteiger charge is 2.00. The number of hydroxylamine groups is 1. The first-order valence-corrected chi connectivity index (χ1v) is 5.18. The van der Waals surface area contributed by atoms with E-state index in [1.807, 2.05) is 37.4 Å². The monoisotopic (exact) mass is 223 g/mol. The summed E-state index contributed by atoms with van der Waals surface area (Å²) in [5, 5.41) is 10.8. The van der Waals surface area contributed by atoms with Crippen molar-refractivity contribution in [2.24, 2.45) is 0 Å². The third kappa shape index (κ3) is 4.18. The number of rotatable bonds is 5. The van der Waals surface area contributed by atoms with Crippen molar-refractivity contribution in [2.75, 3.05) is 25.0 Å². The summed E-state index contributed by atoms with van der Waals surface area (Å²) in [6.45, 7) is 1.37. The Morgan fingerprint density at radius 2 is 2.06 bits per heavy atom. The Morgan fingerprint density at radius 3 is 2.69 bits per heavy atom. The Labute approximate surface area is 95.0 Å². The highest BCUT2D eigenvalue weighted by Crippen LogP contribution is 2.10. The van der Waals surface area contributed by atoms with Gasteiger partial charge in [0.2, 0.25) is 0 Å². The fraction of sp³-hybridized carbons (Fsp3) is 0.364. The van der Waals surface area contributed by atoms with Crippen molar-refractivity contribution in [1.29, 1.82) is 0 Å². The van der Waals surface area contributed by atoms with Crippen LogP contribution in [0.4, 0.5) is 10.5 Å². The Bertz CT molecular complexity index is 316. The van der Waals surface area contributed by atoms with E-state index >= 15 is 0 Å². The summed E-state index contributed by atoms with van der Waals surface area (Å²) in [5.74, 6) is 0. The van der Waals surface area contributed by atoms with Crippen molar-refractivity contribution in [3.8, 4) is 0 Å². The van der Waals surface area contributed by atoms with Gasteiger partial charge in [0.05, 0.1) is 0 Å². The number of carbonyl (C=O) groups excluding carboxylic acids is 1. The molecule has 16 heavy (non-hydrogen) atoms. The van der Waals surface area contributed by atoms with Crippen molar-refractivity contribution in [3.05, 3.63) is 30.3 Å². The van der Waals surface area contributed by atoms with Crippen LogP contribution in [0.2, 0.25) is 0 Å². The molecule has 2 amide bonds. The van der Waals surface area contributed by atoms with Gasteiger partial charge in [-0.1, -0.05) is 18.2 Å². The average molecular weight is 223 g/mol. The molecule has 0 fully saturated rings. The molecule has 0 heterocycles. The minimum Gasteiger partial charge on any atom is -0.375 e. The van der Waals surface area contributed by atoms with Crippen LogP contribution in [0.25, 0.3) is 0 Å². The number of amides is 2. The van der Waals surface area contributed by atoms with E-state index in [0.717, 1.165) is 18.7 Å². The molecule has 1 rings (SSSR count). The van der Waals surface area contributed by atoms with E-state index in [1.165, 1.54) is 5.48 Å². The van der Waals surface area contributed by atoms with Gasteiger partial charge >= 0.3 is 6.03 Å². The summed E-state index contributed by atoms with van der Waals surface area (Å²) in [6.07, 6.45) is 0.818. The van der Waals surface area contributed by atoms with Crippen LogP contribution in [-0.2, 0) is 0 Å². The lowest BCUT2D eigenvalue weighted by Crippen LogP contribution is -2.35. The number of hydrogen-bond acceptors (Lipinski definition) is 3. The zero-order valence-corrected chi connectivity index (χ0v) is 9.31. The lowest BCUT2D eigenvalue weighted by Gasteiger charge is -2.19. The Kier molecular flexibility index (Phi) is 5.15. The second-order valence-corrected chi connectivity index (χ2v) is 3.48. The lowest BCUT2D eigenvalue weighted by atomic mass is 10.3. The van der Waals surface area contributed by atoms with Crippen molar-refractivity contribution in [3.63, 3.8) is 0 Å². The summed E-state index contributed by atoms with van der Waals surface area (Å²) in [7, 11) is 2.00. The van der Waals surface area contributed by atoms with Gasteiger partial charge in [-0.05, 0) is 18.6 Å². The molecule has 5 nitrogen and oxygen atoms in total. The van der Waals surface area contributed by atoms with Gasteiger partial charge in [-0.3, -0.25) is 5.21 Å². The number of nitrogens with one attached hydrogen (secondary N) is 2. The Balaban J connectivity index is 2.21. The fourth-order valence-corrected chi connectivity index (χ4v) is 1.37. The molecule has 88 valence electrons. The van der Waals surface area contributed by atoms with Crippen LogP contribution in [0.15, 0.2) is 30.3 Å². The molecule has 0 aliphatic heterocycles. The highest BCUT2D eigenvalue weighted by molar-refractivity contribution is 5.72. The van der Waals surface area contributed by atoms with Gasteiger partial charge in [0, 0.05) is 25.8 Å². The number of nitrogens with zero attached hydrogens (tertiary/aromatic N) is 1. The molecule has 0 aromatic heterocycles. The molecule has 0 atom stereocenters. The first kappa shape index (κ1) is 12.3. The first-order chi connectivity index (χ1) is 7.74. The summed E-state index contributed by atoms with van der Waals surface area (Å²) in [5.41, 5.74) is 2.67. The number of anilines is 1. The maximum atomic E-state index is 10.6. The number of urea groups is 1. The maximum Gasteiger partial charge on any atom is 0.338 e. The average Bonchev–Trinajstić information content (AvgIpc) is 2.35. The predicted molar refractivity (Wildman–Crippen MR) is 62.6 cm³/mol. The van der Waals surface area contributed by atoms with Crippen LogP contribution in [0.5, 0.6) is 0 Å². The van der Waals surface area contributed by atoms with Crippen LogP contribution in [0.1, 0.15) is 6.42 Å². The smallest absolute Gasteiger partial charge is 0.338 e. The van der Waals surface area contributed by atoms with Gasteiger partial charge in [-0.15, -0.1) is 0 Å². The molecular formula is C11H17N3O2. The van der Waals surface area contributed by atoms with E-state index in [4.69, 9.17) is 5.21 Å². The SMILES string of the molecule is CN(CCCNC(=O)NO)c1ccccc1. The third-order valence-electron chi connectivity index (χ3n) is 2.25. The van der Waals surface area contributed by atoms with Gasteiger partial charge in [-0.2, -0.15) is 0 Å². The van der Waals surface area contributed by atoms with E-state index < -0.39 is 6.03 Å². The van der Waals surface area contributed by atoms with Crippen molar-refractivity contribution in [2.45, 2.75) is 6.42 Å². The van der Waals surface area contributed by atoms with E-state index in [0.29, 0.717) is 6.54 Å². The molecule has 0 radical (unpaired) electrons. The largest absolute Gasteiger partial charge is 0.375 e. The molecule has 3 N–H and O–H groups in total. The number of hydrogen-bond donors (Lipinski definition) is 3. The van der Waals surface area contributed by atoms with E-state index in [2.05, 4.69) is 10.2 Å².